The normalized spacial score (nSPS) is 16.3. The zero-order valence-corrected chi connectivity index (χ0v) is 16.0. The van der Waals surface area contributed by atoms with Crippen molar-refractivity contribution in [1.82, 2.24) is 14.5 Å². The van der Waals surface area contributed by atoms with E-state index in [4.69, 9.17) is 0 Å². The molecule has 1 amide bonds. The second kappa shape index (κ2) is 7.43. The van der Waals surface area contributed by atoms with Crippen molar-refractivity contribution in [3.05, 3.63) is 90.8 Å². The molecule has 144 valence electrons. The van der Waals surface area contributed by atoms with Crippen LogP contribution in [0.2, 0.25) is 0 Å². The number of hydrogen-bond donors (Lipinski definition) is 1. The van der Waals surface area contributed by atoms with Crippen LogP contribution in [0.25, 0.3) is 16.7 Å². The maximum Gasteiger partial charge on any atom is 0.253 e. The highest BCUT2D eigenvalue weighted by Crippen LogP contribution is 2.21. The summed E-state index contributed by atoms with van der Waals surface area (Å²) in [6.07, 6.45) is 2.78. The lowest BCUT2D eigenvalue weighted by Crippen LogP contribution is -2.31. The molecule has 1 aliphatic heterocycles. The van der Waals surface area contributed by atoms with E-state index in [1.807, 2.05) is 82.5 Å². The molecule has 1 saturated heterocycles. The predicted molar refractivity (Wildman–Crippen MR) is 115 cm³/mol. The highest BCUT2D eigenvalue weighted by molar-refractivity contribution is 5.94. The fourth-order valence-corrected chi connectivity index (χ4v) is 3.94. The van der Waals surface area contributed by atoms with Gasteiger partial charge in [0.05, 0.1) is 11.0 Å². The molecule has 1 N–H and O–H groups in total. The second-order valence-electron chi connectivity index (χ2n) is 7.40. The minimum absolute atomic E-state index is 0.0874. The Kier molecular flexibility index (Phi) is 4.48. The van der Waals surface area contributed by atoms with Crippen molar-refractivity contribution in [2.75, 3.05) is 18.4 Å². The molecule has 0 aliphatic carbocycles. The van der Waals surface area contributed by atoms with Crippen molar-refractivity contribution in [3.8, 4) is 5.69 Å². The van der Waals surface area contributed by atoms with Crippen molar-refractivity contribution < 1.29 is 4.79 Å². The van der Waals surface area contributed by atoms with Crippen LogP contribution in [0.1, 0.15) is 16.8 Å². The van der Waals surface area contributed by atoms with Crippen molar-refractivity contribution in [2.24, 2.45) is 0 Å². The molecule has 1 atom stereocenters. The van der Waals surface area contributed by atoms with Crippen molar-refractivity contribution >= 4 is 22.6 Å². The van der Waals surface area contributed by atoms with E-state index in [1.54, 1.807) is 0 Å². The number of hydrogen-bond acceptors (Lipinski definition) is 3. The van der Waals surface area contributed by atoms with Gasteiger partial charge in [0.15, 0.2) is 0 Å². The Morgan fingerprint density at radius 2 is 1.69 bits per heavy atom. The molecule has 1 unspecified atom stereocenters. The van der Waals surface area contributed by atoms with Crippen molar-refractivity contribution in [2.45, 2.75) is 12.5 Å². The number of anilines is 1. The number of carbonyl (C=O) groups excluding carboxylic acids is 1. The van der Waals surface area contributed by atoms with Gasteiger partial charge in [-0.2, -0.15) is 0 Å². The van der Waals surface area contributed by atoms with Gasteiger partial charge >= 0.3 is 0 Å². The molecule has 0 saturated carbocycles. The Balaban J connectivity index is 1.28. The second-order valence-corrected chi connectivity index (χ2v) is 7.40. The Hall–Kier alpha value is -3.60. The smallest absolute Gasteiger partial charge is 0.253 e. The third kappa shape index (κ3) is 3.47. The summed E-state index contributed by atoms with van der Waals surface area (Å²) in [5.41, 5.74) is 4.84. The van der Waals surface area contributed by atoms with Gasteiger partial charge in [-0.3, -0.25) is 9.36 Å². The monoisotopic (exact) mass is 382 g/mol. The summed E-state index contributed by atoms with van der Waals surface area (Å²) in [4.78, 5) is 19.3. The molecular formula is C24H22N4O. The number of rotatable bonds is 4. The van der Waals surface area contributed by atoms with Crippen LogP contribution in [0, 0.1) is 0 Å². The number of aromatic nitrogens is 2. The third-order valence-corrected chi connectivity index (χ3v) is 5.47. The summed E-state index contributed by atoms with van der Waals surface area (Å²) in [7, 11) is 0. The van der Waals surface area contributed by atoms with E-state index in [-0.39, 0.29) is 11.9 Å². The molecule has 29 heavy (non-hydrogen) atoms. The molecule has 1 aliphatic rings. The van der Waals surface area contributed by atoms with Gasteiger partial charge in [0.25, 0.3) is 5.91 Å². The molecule has 3 aromatic carbocycles. The van der Waals surface area contributed by atoms with Crippen LogP contribution in [0.4, 0.5) is 5.69 Å². The van der Waals surface area contributed by atoms with Crippen LogP contribution in [0.15, 0.2) is 85.2 Å². The number of nitrogens with one attached hydrogen (secondary N) is 1. The van der Waals surface area contributed by atoms with Crippen LogP contribution in [0.3, 0.4) is 0 Å². The van der Waals surface area contributed by atoms with E-state index in [2.05, 4.69) is 22.4 Å². The van der Waals surface area contributed by atoms with Gasteiger partial charge in [-0.05, 0) is 55.0 Å². The topological polar surface area (TPSA) is 50.2 Å². The molecule has 5 nitrogen and oxygen atoms in total. The number of para-hydroxylation sites is 3. The first-order valence-corrected chi connectivity index (χ1v) is 9.91. The summed E-state index contributed by atoms with van der Waals surface area (Å²) < 4.78 is 2.04. The number of benzene rings is 3. The Morgan fingerprint density at radius 3 is 2.52 bits per heavy atom. The Labute approximate surface area is 169 Å². The van der Waals surface area contributed by atoms with Crippen molar-refractivity contribution in [3.63, 3.8) is 0 Å². The molecule has 0 bridgehead atoms. The fraction of sp³-hybridized carbons (Fsp3) is 0.167. The number of likely N-dealkylation sites (tertiary alicyclic amines) is 1. The molecular weight excluding hydrogens is 360 g/mol. The quantitative estimate of drug-likeness (QED) is 0.571. The fourth-order valence-electron chi connectivity index (χ4n) is 3.94. The summed E-state index contributed by atoms with van der Waals surface area (Å²) in [5, 5.41) is 3.52. The molecule has 5 rings (SSSR count). The molecule has 1 aromatic heterocycles. The number of imidazole rings is 1. The summed E-state index contributed by atoms with van der Waals surface area (Å²) >= 11 is 0. The van der Waals surface area contributed by atoms with Crippen LogP contribution in [-0.4, -0.2) is 39.5 Å². The van der Waals surface area contributed by atoms with E-state index in [0.29, 0.717) is 0 Å². The molecule has 2 heterocycles. The van der Waals surface area contributed by atoms with Gasteiger partial charge in [0.2, 0.25) is 0 Å². The lowest BCUT2D eigenvalue weighted by Gasteiger charge is -2.18. The van der Waals surface area contributed by atoms with Crippen LogP contribution < -0.4 is 5.32 Å². The van der Waals surface area contributed by atoms with Gasteiger partial charge in [-0.25, -0.2) is 4.98 Å². The molecule has 0 radical (unpaired) electrons. The lowest BCUT2D eigenvalue weighted by atomic mass is 10.1. The van der Waals surface area contributed by atoms with Crippen LogP contribution >= 0.6 is 0 Å². The van der Waals surface area contributed by atoms with Crippen LogP contribution in [-0.2, 0) is 0 Å². The van der Waals surface area contributed by atoms with Crippen LogP contribution in [0.5, 0.6) is 0 Å². The highest BCUT2D eigenvalue weighted by Gasteiger charge is 2.26. The minimum Gasteiger partial charge on any atom is -0.380 e. The minimum atomic E-state index is 0.0874. The molecule has 0 spiro atoms. The Bertz CT molecular complexity index is 1130. The van der Waals surface area contributed by atoms with Gasteiger partial charge < -0.3 is 10.2 Å². The standard InChI is InChI=1S/C24H22N4O/c29-24(27-15-14-20(16-27)26-19-6-2-1-3-7-19)18-10-12-21(13-11-18)28-17-25-22-8-4-5-9-23(22)28/h1-13,17,20,26H,14-16H2. The predicted octanol–water partition coefficient (Wildman–Crippen LogP) is 4.35. The SMILES string of the molecule is O=C(c1ccc(-n2cnc3ccccc32)cc1)N1CCC(Nc2ccccc2)C1. The lowest BCUT2D eigenvalue weighted by molar-refractivity contribution is 0.0791. The number of amides is 1. The number of nitrogens with zero attached hydrogens (tertiary/aromatic N) is 3. The van der Waals surface area contributed by atoms with Crippen molar-refractivity contribution in [1.29, 1.82) is 0 Å². The highest BCUT2D eigenvalue weighted by atomic mass is 16.2. The first kappa shape index (κ1) is 17.5. The molecule has 5 heteroatoms. The zero-order chi connectivity index (χ0) is 19.6. The average molecular weight is 382 g/mol. The first-order chi connectivity index (χ1) is 14.3. The molecule has 1 fully saturated rings. The average Bonchev–Trinajstić information content (AvgIpc) is 3.41. The molecule has 4 aromatic rings. The van der Waals surface area contributed by atoms with Gasteiger partial charge in [-0.15, -0.1) is 0 Å². The zero-order valence-electron chi connectivity index (χ0n) is 16.0. The number of carbonyl (C=O) groups is 1. The van der Waals surface area contributed by atoms with E-state index in [1.165, 1.54) is 0 Å². The van der Waals surface area contributed by atoms with E-state index in [0.717, 1.165) is 47.5 Å². The van der Waals surface area contributed by atoms with E-state index >= 15 is 0 Å². The van der Waals surface area contributed by atoms with E-state index in [9.17, 15) is 4.79 Å². The maximum absolute atomic E-state index is 12.9. The van der Waals surface area contributed by atoms with E-state index < -0.39 is 0 Å². The summed E-state index contributed by atoms with van der Waals surface area (Å²) in [5.74, 6) is 0.0874. The Morgan fingerprint density at radius 1 is 0.931 bits per heavy atom. The van der Waals surface area contributed by atoms with Gasteiger partial charge in [-0.1, -0.05) is 30.3 Å². The maximum atomic E-state index is 12.9. The van der Waals surface area contributed by atoms with Gasteiger partial charge in [0, 0.05) is 36.1 Å². The van der Waals surface area contributed by atoms with Gasteiger partial charge in [0.1, 0.15) is 6.33 Å². The summed E-state index contributed by atoms with van der Waals surface area (Å²) in [6.45, 7) is 1.50. The summed E-state index contributed by atoms with van der Waals surface area (Å²) in [6, 6.07) is 26.3. The first-order valence-electron chi connectivity index (χ1n) is 9.91. The third-order valence-electron chi connectivity index (χ3n) is 5.47. The largest absolute Gasteiger partial charge is 0.380 e. The number of fused-ring (bicyclic) bond motifs is 1.